The van der Waals surface area contributed by atoms with Gasteiger partial charge in [0.2, 0.25) is 11.8 Å². The van der Waals surface area contributed by atoms with Gasteiger partial charge in [-0.1, -0.05) is 24.3 Å². The minimum atomic E-state index is -0.768. The number of amides is 2. The number of carbonyl (C=O) groups is 2. The first-order valence-corrected chi connectivity index (χ1v) is 9.06. The fourth-order valence-electron chi connectivity index (χ4n) is 3.32. The first-order chi connectivity index (χ1) is 14.1. The van der Waals surface area contributed by atoms with Gasteiger partial charge < -0.3 is 20.1 Å². The zero-order chi connectivity index (χ0) is 20.4. The van der Waals surface area contributed by atoms with Crippen LogP contribution in [-0.2, 0) is 9.59 Å². The van der Waals surface area contributed by atoms with Crippen molar-refractivity contribution in [1.82, 2.24) is 9.78 Å². The van der Waals surface area contributed by atoms with Crippen LogP contribution in [0.2, 0.25) is 0 Å². The van der Waals surface area contributed by atoms with E-state index in [1.54, 1.807) is 36.2 Å². The van der Waals surface area contributed by atoms with E-state index in [4.69, 9.17) is 9.47 Å². The molecule has 1 aliphatic rings. The van der Waals surface area contributed by atoms with Crippen molar-refractivity contribution in [1.29, 1.82) is 0 Å². The Morgan fingerprint density at radius 1 is 1.14 bits per heavy atom. The summed E-state index contributed by atoms with van der Waals surface area (Å²) in [6.45, 7) is 0. The highest BCUT2D eigenvalue weighted by Gasteiger charge is 2.33. The number of nitrogens with one attached hydrogen (secondary N) is 2. The average Bonchev–Trinajstić information content (AvgIpc) is 3.17. The summed E-state index contributed by atoms with van der Waals surface area (Å²) >= 11 is 0. The molecule has 2 amide bonds. The molecule has 0 radical (unpaired) electrons. The first-order valence-electron chi connectivity index (χ1n) is 9.06. The molecular formula is C21H20N4O4. The van der Waals surface area contributed by atoms with Crippen molar-refractivity contribution in [3.8, 4) is 22.6 Å². The molecule has 0 unspecified atom stereocenters. The summed E-state index contributed by atoms with van der Waals surface area (Å²) in [4.78, 5) is 25.3. The van der Waals surface area contributed by atoms with Crippen molar-refractivity contribution < 1.29 is 19.1 Å². The maximum Gasteiger partial charge on any atom is 0.249 e. The molecule has 0 spiro atoms. The lowest BCUT2D eigenvalue weighted by Crippen LogP contribution is -2.35. The summed E-state index contributed by atoms with van der Waals surface area (Å²) in [5.74, 6) is 1.18. The second kappa shape index (κ2) is 7.67. The van der Waals surface area contributed by atoms with Crippen LogP contribution in [0.4, 0.5) is 11.5 Å². The van der Waals surface area contributed by atoms with Gasteiger partial charge in [-0.25, -0.2) is 4.68 Å². The highest BCUT2D eigenvalue weighted by atomic mass is 16.5. The standard InChI is InChI=1S/C21H20N4O4/c1-28-14-9-7-13(8-10-14)15-12-22-25-17(11-19(26)24-20(15)25)21(27)23-16-5-3-4-6-18(16)29-2/h3-10,12,17H,11H2,1-2H3,(H,23,27)(H,24,26)/t17-/m0/s1. The number of carbonyl (C=O) groups excluding carboxylic acids is 2. The lowest BCUT2D eigenvalue weighted by Gasteiger charge is -2.25. The van der Waals surface area contributed by atoms with Gasteiger partial charge in [0.05, 0.1) is 32.5 Å². The molecule has 29 heavy (non-hydrogen) atoms. The van der Waals surface area contributed by atoms with Gasteiger partial charge in [0.15, 0.2) is 0 Å². The molecule has 3 aromatic rings. The SMILES string of the molecule is COc1ccc(-c2cnn3c2NC(=O)C[C@H]3C(=O)Nc2ccccc2OC)cc1. The van der Waals surface area contributed by atoms with Gasteiger partial charge in [-0.15, -0.1) is 0 Å². The number of benzene rings is 2. The molecule has 1 atom stereocenters. The molecule has 0 fully saturated rings. The number of ether oxygens (including phenoxy) is 2. The molecule has 0 saturated heterocycles. The number of hydrogen-bond acceptors (Lipinski definition) is 5. The Hall–Kier alpha value is -3.81. The Balaban J connectivity index is 1.65. The predicted molar refractivity (Wildman–Crippen MR) is 108 cm³/mol. The highest BCUT2D eigenvalue weighted by Crippen LogP contribution is 2.35. The molecule has 148 valence electrons. The van der Waals surface area contributed by atoms with E-state index in [0.717, 1.165) is 16.9 Å². The van der Waals surface area contributed by atoms with Crippen LogP contribution >= 0.6 is 0 Å². The van der Waals surface area contributed by atoms with Crippen molar-refractivity contribution >= 4 is 23.3 Å². The lowest BCUT2D eigenvalue weighted by atomic mass is 10.1. The van der Waals surface area contributed by atoms with Crippen molar-refractivity contribution in [2.75, 3.05) is 24.9 Å². The van der Waals surface area contributed by atoms with Crippen molar-refractivity contribution in [2.45, 2.75) is 12.5 Å². The fourth-order valence-corrected chi connectivity index (χ4v) is 3.32. The summed E-state index contributed by atoms with van der Waals surface area (Å²) in [6, 6.07) is 13.8. The second-order valence-electron chi connectivity index (χ2n) is 6.54. The van der Waals surface area contributed by atoms with E-state index in [-0.39, 0.29) is 18.2 Å². The van der Waals surface area contributed by atoms with E-state index >= 15 is 0 Å². The van der Waals surface area contributed by atoms with Gasteiger partial charge in [0.1, 0.15) is 23.4 Å². The zero-order valence-electron chi connectivity index (χ0n) is 16.0. The normalized spacial score (nSPS) is 15.2. The maximum atomic E-state index is 12.9. The van der Waals surface area contributed by atoms with Gasteiger partial charge in [0.25, 0.3) is 0 Å². The molecule has 0 aliphatic carbocycles. The minimum Gasteiger partial charge on any atom is -0.497 e. The number of hydrogen-bond donors (Lipinski definition) is 2. The van der Waals surface area contributed by atoms with Gasteiger partial charge in [-0.2, -0.15) is 5.10 Å². The Morgan fingerprint density at radius 2 is 1.90 bits per heavy atom. The van der Waals surface area contributed by atoms with E-state index in [0.29, 0.717) is 17.3 Å². The monoisotopic (exact) mass is 392 g/mol. The second-order valence-corrected chi connectivity index (χ2v) is 6.54. The summed E-state index contributed by atoms with van der Waals surface area (Å²) in [5.41, 5.74) is 2.13. The molecule has 2 N–H and O–H groups in total. The van der Waals surface area contributed by atoms with Gasteiger partial charge >= 0.3 is 0 Å². The molecular weight excluding hydrogens is 372 g/mol. The van der Waals surface area contributed by atoms with E-state index in [9.17, 15) is 9.59 Å². The van der Waals surface area contributed by atoms with Gasteiger partial charge in [0, 0.05) is 5.56 Å². The Bertz CT molecular complexity index is 1060. The Labute approximate surface area is 167 Å². The quantitative estimate of drug-likeness (QED) is 0.696. The molecule has 1 aromatic heterocycles. The molecule has 0 bridgehead atoms. The molecule has 8 heteroatoms. The number of rotatable bonds is 5. The molecule has 8 nitrogen and oxygen atoms in total. The third-order valence-corrected chi connectivity index (χ3v) is 4.80. The van der Waals surface area contributed by atoms with E-state index in [2.05, 4.69) is 15.7 Å². The van der Waals surface area contributed by atoms with Crippen LogP contribution in [-0.4, -0.2) is 35.8 Å². The van der Waals surface area contributed by atoms with Gasteiger partial charge in [-0.3, -0.25) is 9.59 Å². The molecule has 4 rings (SSSR count). The summed E-state index contributed by atoms with van der Waals surface area (Å²) in [5, 5.41) is 10.0. The number of anilines is 2. The van der Waals surface area contributed by atoms with Crippen molar-refractivity contribution in [2.24, 2.45) is 0 Å². The molecule has 1 aliphatic heterocycles. The van der Waals surface area contributed by atoms with E-state index < -0.39 is 6.04 Å². The smallest absolute Gasteiger partial charge is 0.249 e. The highest BCUT2D eigenvalue weighted by molar-refractivity contribution is 6.03. The van der Waals surface area contributed by atoms with Crippen LogP contribution in [0.1, 0.15) is 12.5 Å². The largest absolute Gasteiger partial charge is 0.497 e. The summed E-state index contributed by atoms with van der Waals surface area (Å²) < 4.78 is 12.0. The average molecular weight is 392 g/mol. The molecule has 2 aromatic carbocycles. The molecule has 2 heterocycles. The van der Waals surface area contributed by atoms with E-state index in [1.807, 2.05) is 30.3 Å². The van der Waals surface area contributed by atoms with Crippen LogP contribution in [0.5, 0.6) is 11.5 Å². The third kappa shape index (κ3) is 3.52. The van der Waals surface area contributed by atoms with Crippen LogP contribution in [0.25, 0.3) is 11.1 Å². The summed E-state index contributed by atoms with van der Waals surface area (Å²) in [6.07, 6.45) is 1.64. The zero-order valence-corrected chi connectivity index (χ0v) is 16.0. The van der Waals surface area contributed by atoms with Crippen LogP contribution in [0, 0.1) is 0 Å². The minimum absolute atomic E-state index is 0.00227. The Kier molecular flexibility index (Phi) is 4.90. The van der Waals surface area contributed by atoms with Crippen LogP contribution in [0.15, 0.2) is 54.7 Å². The number of methoxy groups -OCH3 is 2. The van der Waals surface area contributed by atoms with Crippen molar-refractivity contribution in [3.05, 3.63) is 54.7 Å². The van der Waals surface area contributed by atoms with E-state index in [1.165, 1.54) is 7.11 Å². The predicted octanol–water partition coefficient (Wildman–Crippen LogP) is 3.09. The first kappa shape index (κ1) is 18.5. The number of nitrogens with zero attached hydrogens (tertiary/aromatic N) is 2. The summed E-state index contributed by atoms with van der Waals surface area (Å²) in [7, 11) is 3.13. The van der Waals surface area contributed by atoms with Crippen molar-refractivity contribution in [3.63, 3.8) is 0 Å². The third-order valence-electron chi connectivity index (χ3n) is 4.80. The molecule has 0 saturated carbocycles. The van der Waals surface area contributed by atoms with Crippen LogP contribution < -0.4 is 20.1 Å². The fraction of sp³-hybridized carbons (Fsp3) is 0.190. The Morgan fingerprint density at radius 3 is 2.62 bits per heavy atom. The van der Waals surface area contributed by atoms with Gasteiger partial charge in [-0.05, 0) is 29.8 Å². The topological polar surface area (TPSA) is 94.5 Å². The number of para-hydroxylation sites is 2. The number of fused-ring (bicyclic) bond motifs is 1. The number of aromatic nitrogens is 2. The lowest BCUT2D eigenvalue weighted by molar-refractivity contribution is -0.125. The maximum absolute atomic E-state index is 12.9. The van der Waals surface area contributed by atoms with Crippen LogP contribution in [0.3, 0.4) is 0 Å².